The Labute approximate surface area is 158 Å². The Balaban J connectivity index is 1.20. The molecule has 7 heteroatoms. The number of H-pyrrole nitrogens is 1. The van der Waals surface area contributed by atoms with E-state index in [2.05, 4.69) is 35.9 Å². The highest BCUT2D eigenvalue weighted by molar-refractivity contribution is 5.51. The molecule has 2 aliphatic rings. The van der Waals surface area contributed by atoms with E-state index in [9.17, 15) is 0 Å². The third-order valence-electron chi connectivity index (χ3n) is 5.90. The molecule has 0 amide bonds. The number of aromatic amines is 1. The van der Waals surface area contributed by atoms with Gasteiger partial charge in [-0.15, -0.1) is 10.2 Å². The first-order chi connectivity index (χ1) is 13.4. The van der Waals surface area contributed by atoms with Crippen LogP contribution in [0.3, 0.4) is 0 Å². The summed E-state index contributed by atoms with van der Waals surface area (Å²) in [5, 5.41) is 16.0. The summed E-state index contributed by atoms with van der Waals surface area (Å²) < 4.78 is 8.39. The Morgan fingerprint density at radius 1 is 1.04 bits per heavy atom. The van der Waals surface area contributed by atoms with Crippen molar-refractivity contribution < 1.29 is 4.42 Å². The first kappa shape index (κ1) is 16.7. The molecule has 0 saturated carbocycles. The SMILES string of the molecule is c1cc(-c2ccc(CN3CCC(c4nnc5n4CCCCC5)CC3)o2)[nH]n1. The minimum atomic E-state index is 0.540. The number of piperidine rings is 1. The van der Waals surface area contributed by atoms with Gasteiger partial charge in [-0.25, -0.2) is 0 Å². The van der Waals surface area contributed by atoms with Gasteiger partial charge < -0.3 is 8.98 Å². The van der Waals surface area contributed by atoms with Crippen LogP contribution in [0.2, 0.25) is 0 Å². The number of hydrogen-bond donors (Lipinski definition) is 1. The first-order valence-electron chi connectivity index (χ1n) is 10.1. The van der Waals surface area contributed by atoms with Crippen LogP contribution < -0.4 is 0 Å². The van der Waals surface area contributed by atoms with Gasteiger partial charge in [0.15, 0.2) is 5.76 Å². The van der Waals surface area contributed by atoms with Crippen LogP contribution in [-0.4, -0.2) is 43.0 Å². The van der Waals surface area contributed by atoms with Crippen LogP contribution in [0, 0.1) is 0 Å². The zero-order valence-corrected chi connectivity index (χ0v) is 15.6. The Bertz CT molecular complexity index is 872. The highest BCUT2D eigenvalue weighted by atomic mass is 16.3. The third-order valence-corrected chi connectivity index (χ3v) is 5.90. The predicted molar refractivity (Wildman–Crippen MR) is 101 cm³/mol. The molecule has 142 valence electrons. The molecule has 2 aliphatic heterocycles. The van der Waals surface area contributed by atoms with E-state index in [0.717, 1.165) is 62.7 Å². The van der Waals surface area contributed by atoms with Gasteiger partial charge in [-0.1, -0.05) is 6.42 Å². The van der Waals surface area contributed by atoms with Crippen LogP contribution >= 0.6 is 0 Å². The lowest BCUT2D eigenvalue weighted by molar-refractivity contribution is 0.187. The monoisotopic (exact) mass is 366 g/mol. The first-order valence-corrected chi connectivity index (χ1v) is 10.1. The molecule has 0 bridgehead atoms. The van der Waals surface area contributed by atoms with E-state index in [1.807, 2.05) is 12.1 Å². The molecule has 1 saturated heterocycles. The molecule has 1 N–H and O–H groups in total. The maximum atomic E-state index is 5.98. The van der Waals surface area contributed by atoms with Gasteiger partial charge in [0.1, 0.15) is 23.1 Å². The molecular weight excluding hydrogens is 340 g/mol. The van der Waals surface area contributed by atoms with Gasteiger partial charge in [-0.3, -0.25) is 10.00 Å². The van der Waals surface area contributed by atoms with Crippen LogP contribution in [-0.2, 0) is 19.5 Å². The molecule has 5 rings (SSSR count). The van der Waals surface area contributed by atoms with Crippen LogP contribution in [0.5, 0.6) is 0 Å². The minimum absolute atomic E-state index is 0.540. The molecule has 0 radical (unpaired) electrons. The molecular formula is C20H26N6O. The second kappa shape index (κ2) is 7.31. The van der Waals surface area contributed by atoms with Crippen molar-refractivity contribution in [1.82, 2.24) is 29.9 Å². The molecule has 0 aliphatic carbocycles. The molecule has 3 aromatic heterocycles. The average molecular weight is 366 g/mol. The molecule has 0 spiro atoms. The summed E-state index contributed by atoms with van der Waals surface area (Å²) in [4.78, 5) is 2.48. The Morgan fingerprint density at radius 2 is 1.96 bits per heavy atom. The second-order valence-corrected chi connectivity index (χ2v) is 7.72. The van der Waals surface area contributed by atoms with Gasteiger partial charge >= 0.3 is 0 Å². The zero-order valence-electron chi connectivity index (χ0n) is 15.6. The van der Waals surface area contributed by atoms with Gasteiger partial charge in [-0.05, 0) is 57.0 Å². The lowest BCUT2D eigenvalue weighted by atomic mass is 9.95. The third kappa shape index (κ3) is 3.43. The molecule has 1 fully saturated rings. The molecule has 0 aromatic carbocycles. The zero-order chi connectivity index (χ0) is 18.1. The van der Waals surface area contributed by atoms with Crippen LogP contribution in [0.1, 0.15) is 55.4 Å². The van der Waals surface area contributed by atoms with Crippen molar-refractivity contribution in [2.24, 2.45) is 0 Å². The topological polar surface area (TPSA) is 75.8 Å². The highest BCUT2D eigenvalue weighted by Crippen LogP contribution is 2.30. The standard InChI is InChI=1S/C20H26N6O/c1-2-4-19-23-24-20(26(19)11-3-1)15-8-12-25(13-9-15)14-16-5-6-18(27-16)17-7-10-21-22-17/h5-7,10,15H,1-4,8-9,11-14H2,(H,21,22). The summed E-state index contributed by atoms with van der Waals surface area (Å²) in [5.41, 5.74) is 0.924. The number of aromatic nitrogens is 5. The number of fused-ring (bicyclic) bond motifs is 1. The summed E-state index contributed by atoms with van der Waals surface area (Å²) in [5.74, 6) is 4.83. The van der Waals surface area contributed by atoms with Crippen LogP contribution in [0.15, 0.2) is 28.8 Å². The second-order valence-electron chi connectivity index (χ2n) is 7.72. The van der Waals surface area contributed by atoms with Gasteiger partial charge in [-0.2, -0.15) is 5.10 Å². The minimum Gasteiger partial charge on any atom is -0.458 e. The van der Waals surface area contributed by atoms with Crippen molar-refractivity contribution in [2.45, 2.75) is 57.5 Å². The van der Waals surface area contributed by atoms with Crippen molar-refractivity contribution in [3.8, 4) is 11.5 Å². The predicted octanol–water partition coefficient (Wildman–Crippen LogP) is 3.37. The van der Waals surface area contributed by atoms with E-state index in [1.54, 1.807) is 6.20 Å². The van der Waals surface area contributed by atoms with Gasteiger partial charge in [0.25, 0.3) is 0 Å². The summed E-state index contributed by atoms with van der Waals surface area (Å²) >= 11 is 0. The maximum Gasteiger partial charge on any atom is 0.152 e. The number of aryl methyl sites for hydroxylation is 1. The van der Waals surface area contributed by atoms with E-state index in [-0.39, 0.29) is 0 Å². The average Bonchev–Trinajstić information content (AvgIpc) is 3.42. The van der Waals surface area contributed by atoms with E-state index >= 15 is 0 Å². The summed E-state index contributed by atoms with van der Waals surface area (Å²) in [6, 6.07) is 6.01. The number of furan rings is 1. The van der Waals surface area contributed by atoms with E-state index in [0.29, 0.717) is 5.92 Å². The quantitative estimate of drug-likeness (QED) is 0.766. The number of nitrogens with zero attached hydrogens (tertiary/aromatic N) is 5. The Hall–Kier alpha value is -2.41. The van der Waals surface area contributed by atoms with Crippen LogP contribution in [0.4, 0.5) is 0 Å². The van der Waals surface area contributed by atoms with Crippen molar-refractivity contribution in [2.75, 3.05) is 13.1 Å². The molecule has 7 nitrogen and oxygen atoms in total. The van der Waals surface area contributed by atoms with Gasteiger partial charge in [0.05, 0.1) is 6.54 Å². The smallest absolute Gasteiger partial charge is 0.152 e. The molecule has 0 unspecified atom stereocenters. The number of hydrogen-bond acceptors (Lipinski definition) is 5. The maximum absolute atomic E-state index is 5.98. The van der Waals surface area contributed by atoms with Gasteiger partial charge in [0, 0.05) is 25.1 Å². The molecule has 0 atom stereocenters. The van der Waals surface area contributed by atoms with Crippen molar-refractivity contribution in [3.05, 3.63) is 41.8 Å². The van der Waals surface area contributed by atoms with E-state index in [4.69, 9.17) is 4.42 Å². The lowest BCUT2D eigenvalue weighted by Gasteiger charge is -2.31. The van der Waals surface area contributed by atoms with E-state index in [1.165, 1.54) is 30.9 Å². The normalized spacial score (nSPS) is 19.1. The summed E-state index contributed by atoms with van der Waals surface area (Å²) in [7, 11) is 0. The number of nitrogens with one attached hydrogen (secondary N) is 1. The number of likely N-dealkylation sites (tertiary alicyclic amines) is 1. The molecule has 3 aromatic rings. The fourth-order valence-electron chi connectivity index (χ4n) is 4.38. The highest BCUT2D eigenvalue weighted by Gasteiger charge is 2.27. The van der Waals surface area contributed by atoms with Crippen molar-refractivity contribution in [3.63, 3.8) is 0 Å². The van der Waals surface area contributed by atoms with Crippen molar-refractivity contribution >= 4 is 0 Å². The fraction of sp³-hybridized carbons (Fsp3) is 0.550. The lowest BCUT2D eigenvalue weighted by Crippen LogP contribution is -2.33. The van der Waals surface area contributed by atoms with E-state index < -0.39 is 0 Å². The van der Waals surface area contributed by atoms with Crippen molar-refractivity contribution in [1.29, 1.82) is 0 Å². The van der Waals surface area contributed by atoms with Crippen LogP contribution in [0.25, 0.3) is 11.5 Å². The molecule has 27 heavy (non-hydrogen) atoms. The van der Waals surface area contributed by atoms with Gasteiger partial charge in [0.2, 0.25) is 0 Å². The Morgan fingerprint density at radius 3 is 2.81 bits per heavy atom. The molecule has 5 heterocycles. The summed E-state index contributed by atoms with van der Waals surface area (Å²) in [6.07, 6.45) is 8.94. The number of rotatable bonds is 4. The largest absolute Gasteiger partial charge is 0.458 e. The fourth-order valence-corrected chi connectivity index (χ4v) is 4.38. The summed E-state index contributed by atoms with van der Waals surface area (Å²) in [6.45, 7) is 4.11. The Kier molecular flexibility index (Phi) is 4.53.